The van der Waals surface area contributed by atoms with E-state index in [-0.39, 0.29) is 16.9 Å². The number of nitrogens with one attached hydrogen (secondary N) is 1. The Labute approximate surface area is 137 Å². The third-order valence-corrected chi connectivity index (χ3v) is 3.48. The molecule has 120 valence electrons. The van der Waals surface area contributed by atoms with Gasteiger partial charge in [-0.3, -0.25) is 14.3 Å². The topological polar surface area (TPSA) is 64.0 Å². The Hall–Kier alpha value is -3.28. The van der Waals surface area contributed by atoms with Crippen LogP contribution in [0.5, 0.6) is 0 Å². The number of carbonyl (C=O) groups excluding carboxylic acids is 2. The van der Waals surface area contributed by atoms with Crippen LogP contribution in [0.1, 0.15) is 26.3 Å². The van der Waals surface area contributed by atoms with Crippen molar-refractivity contribution in [2.75, 3.05) is 5.32 Å². The average molecular weight is 323 g/mol. The molecule has 0 bridgehead atoms. The van der Waals surface area contributed by atoms with Crippen molar-refractivity contribution in [3.8, 4) is 0 Å². The Morgan fingerprint density at radius 1 is 1.00 bits per heavy atom. The molecule has 0 spiro atoms. The molecule has 24 heavy (non-hydrogen) atoms. The summed E-state index contributed by atoms with van der Waals surface area (Å²) in [6, 6.07) is 13.4. The summed E-state index contributed by atoms with van der Waals surface area (Å²) in [5.74, 6) is -0.805. The molecule has 1 aromatic heterocycles. The van der Waals surface area contributed by atoms with E-state index in [1.54, 1.807) is 48.3 Å². The molecular weight excluding hydrogens is 309 g/mol. The molecule has 3 rings (SSSR count). The highest BCUT2D eigenvalue weighted by Crippen LogP contribution is 2.17. The van der Waals surface area contributed by atoms with E-state index in [0.29, 0.717) is 11.4 Å². The van der Waals surface area contributed by atoms with Gasteiger partial charge in [0.1, 0.15) is 5.82 Å². The van der Waals surface area contributed by atoms with Crippen molar-refractivity contribution < 1.29 is 14.0 Å². The first-order valence-electron chi connectivity index (χ1n) is 7.25. The second-order valence-electron chi connectivity index (χ2n) is 5.21. The third-order valence-electron chi connectivity index (χ3n) is 3.48. The molecule has 2 aromatic carbocycles. The van der Waals surface area contributed by atoms with Gasteiger partial charge in [0, 0.05) is 30.4 Å². The standard InChI is InChI=1S/C18H14FN3O2/c1-22-11-10-16(21-22)20-18(24)15-5-3-2-4-14(15)17(23)12-6-8-13(19)9-7-12/h2-11H,1H3,(H,20,21,24). The van der Waals surface area contributed by atoms with E-state index in [1.807, 2.05) is 0 Å². The van der Waals surface area contributed by atoms with Crippen molar-refractivity contribution in [2.45, 2.75) is 0 Å². The summed E-state index contributed by atoms with van der Waals surface area (Å²) in [4.78, 5) is 25.1. The molecule has 0 aliphatic rings. The molecule has 5 nitrogen and oxygen atoms in total. The quantitative estimate of drug-likeness (QED) is 0.751. The van der Waals surface area contributed by atoms with E-state index in [2.05, 4.69) is 10.4 Å². The summed E-state index contributed by atoms with van der Waals surface area (Å²) in [6.45, 7) is 0. The Balaban J connectivity index is 1.91. The minimum absolute atomic E-state index is 0.234. The van der Waals surface area contributed by atoms with E-state index in [9.17, 15) is 14.0 Å². The fourth-order valence-corrected chi connectivity index (χ4v) is 2.30. The van der Waals surface area contributed by atoms with E-state index in [4.69, 9.17) is 0 Å². The molecule has 0 aliphatic carbocycles. The number of hydrogen-bond acceptors (Lipinski definition) is 3. The molecule has 0 radical (unpaired) electrons. The first kappa shape index (κ1) is 15.6. The van der Waals surface area contributed by atoms with E-state index >= 15 is 0 Å². The summed E-state index contributed by atoms with van der Waals surface area (Å²) in [6.07, 6.45) is 1.70. The maximum absolute atomic E-state index is 13.0. The van der Waals surface area contributed by atoms with Crippen LogP contribution in [0.4, 0.5) is 10.2 Å². The number of halogens is 1. The van der Waals surface area contributed by atoms with Crippen LogP contribution in [-0.4, -0.2) is 21.5 Å². The molecule has 3 aromatic rings. The molecule has 1 N–H and O–H groups in total. The van der Waals surface area contributed by atoms with E-state index in [1.165, 1.54) is 24.3 Å². The number of nitrogens with zero attached hydrogens (tertiary/aromatic N) is 2. The van der Waals surface area contributed by atoms with Gasteiger partial charge in [-0.25, -0.2) is 4.39 Å². The van der Waals surface area contributed by atoms with Crippen LogP contribution in [0.3, 0.4) is 0 Å². The summed E-state index contributed by atoms with van der Waals surface area (Å²) in [5.41, 5.74) is 0.796. The van der Waals surface area contributed by atoms with Gasteiger partial charge in [-0.15, -0.1) is 0 Å². The van der Waals surface area contributed by atoms with Gasteiger partial charge in [-0.1, -0.05) is 18.2 Å². The van der Waals surface area contributed by atoms with Gasteiger partial charge >= 0.3 is 0 Å². The molecule has 1 amide bonds. The Morgan fingerprint density at radius 3 is 2.29 bits per heavy atom. The molecule has 0 unspecified atom stereocenters. The lowest BCUT2D eigenvalue weighted by Gasteiger charge is -2.08. The summed E-state index contributed by atoms with van der Waals surface area (Å²) in [7, 11) is 1.74. The minimum atomic E-state index is -0.431. The van der Waals surface area contributed by atoms with Crippen molar-refractivity contribution in [1.82, 2.24) is 9.78 Å². The molecule has 0 saturated carbocycles. The summed E-state index contributed by atoms with van der Waals surface area (Å²) < 4.78 is 14.6. The number of rotatable bonds is 4. The van der Waals surface area contributed by atoms with Crippen LogP contribution in [0.15, 0.2) is 60.8 Å². The van der Waals surface area contributed by atoms with Crippen molar-refractivity contribution >= 4 is 17.5 Å². The number of ketones is 1. The molecule has 0 atom stereocenters. The zero-order valence-corrected chi connectivity index (χ0v) is 12.9. The monoisotopic (exact) mass is 323 g/mol. The van der Waals surface area contributed by atoms with Crippen molar-refractivity contribution in [1.29, 1.82) is 0 Å². The zero-order chi connectivity index (χ0) is 17.1. The van der Waals surface area contributed by atoms with Gasteiger partial charge in [0.2, 0.25) is 0 Å². The first-order chi connectivity index (χ1) is 11.5. The van der Waals surface area contributed by atoms with Crippen molar-refractivity contribution in [2.24, 2.45) is 7.05 Å². The van der Waals surface area contributed by atoms with Gasteiger partial charge in [-0.2, -0.15) is 5.10 Å². The average Bonchev–Trinajstić information content (AvgIpc) is 3.00. The second kappa shape index (κ2) is 6.45. The largest absolute Gasteiger partial charge is 0.305 e. The SMILES string of the molecule is Cn1ccc(NC(=O)c2ccccc2C(=O)c2ccc(F)cc2)n1. The fourth-order valence-electron chi connectivity index (χ4n) is 2.30. The van der Waals surface area contributed by atoms with Gasteiger partial charge in [0.25, 0.3) is 5.91 Å². The molecule has 0 saturated heterocycles. The van der Waals surface area contributed by atoms with Crippen LogP contribution in [0.25, 0.3) is 0 Å². The predicted molar refractivity (Wildman–Crippen MR) is 87.4 cm³/mol. The molecule has 1 heterocycles. The van der Waals surface area contributed by atoms with Crippen LogP contribution in [0, 0.1) is 5.82 Å². The fraction of sp³-hybridized carbons (Fsp3) is 0.0556. The van der Waals surface area contributed by atoms with Crippen molar-refractivity contribution in [3.05, 3.63) is 83.3 Å². The lowest BCUT2D eigenvalue weighted by Crippen LogP contribution is -2.17. The van der Waals surface area contributed by atoms with E-state index in [0.717, 1.165) is 0 Å². The number of hydrogen-bond donors (Lipinski definition) is 1. The lowest BCUT2D eigenvalue weighted by atomic mass is 9.98. The number of carbonyl (C=O) groups is 2. The van der Waals surface area contributed by atoms with Crippen LogP contribution in [-0.2, 0) is 7.05 Å². The number of benzene rings is 2. The van der Waals surface area contributed by atoms with Crippen LogP contribution >= 0.6 is 0 Å². The normalized spacial score (nSPS) is 10.4. The van der Waals surface area contributed by atoms with E-state index < -0.39 is 11.7 Å². The Bertz CT molecular complexity index is 901. The van der Waals surface area contributed by atoms with Gasteiger partial charge in [-0.05, 0) is 30.3 Å². The Kier molecular flexibility index (Phi) is 4.20. The molecule has 0 fully saturated rings. The summed E-state index contributed by atoms with van der Waals surface area (Å²) in [5, 5.41) is 6.73. The lowest BCUT2D eigenvalue weighted by molar-refractivity contribution is 0.0996. The van der Waals surface area contributed by atoms with Crippen LogP contribution in [0.2, 0.25) is 0 Å². The molecular formula is C18H14FN3O2. The number of aryl methyl sites for hydroxylation is 1. The van der Waals surface area contributed by atoms with Gasteiger partial charge in [0.05, 0.1) is 5.56 Å². The number of anilines is 1. The van der Waals surface area contributed by atoms with Gasteiger partial charge in [0.15, 0.2) is 11.6 Å². The summed E-state index contributed by atoms with van der Waals surface area (Å²) >= 11 is 0. The predicted octanol–water partition coefficient (Wildman–Crippen LogP) is 3.04. The minimum Gasteiger partial charge on any atom is -0.305 e. The molecule has 0 aliphatic heterocycles. The highest BCUT2D eigenvalue weighted by molar-refractivity contribution is 6.17. The maximum Gasteiger partial charge on any atom is 0.257 e. The molecule has 6 heteroatoms. The Morgan fingerprint density at radius 2 is 1.67 bits per heavy atom. The first-order valence-corrected chi connectivity index (χ1v) is 7.25. The maximum atomic E-state index is 13.0. The zero-order valence-electron chi connectivity index (χ0n) is 12.9. The smallest absolute Gasteiger partial charge is 0.257 e. The van der Waals surface area contributed by atoms with Gasteiger partial charge < -0.3 is 5.32 Å². The number of aromatic nitrogens is 2. The highest BCUT2D eigenvalue weighted by Gasteiger charge is 2.18. The van der Waals surface area contributed by atoms with Crippen LogP contribution < -0.4 is 5.32 Å². The van der Waals surface area contributed by atoms with Crippen molar-refractivity contribution in [3.63, 3.8) is 0 Å². The third kappa shape index (κ3) is 3.22. The highest BCUT2D eigenvalue weighted by atomic mass is 19.1. The second-order valence-corrected chi connectivity index (χ2v) is 5.21. The number of amides is 1.